The van der Waals surface area contributed by atoms with E-state index in [-0.39, 0.29) is 17.0 Å². The molecule has 0 fully saturated rings. The molecule has 8 heavy (non-hydrogen) atoms. The molecule has 0 atom stereocenters. The lowest BCUT2D eigenvalue weighted by Gasteiger charge is -1.61. The van der Waals surface area contributed by atoms with Crippen molar-refractivity contribution >= 4 is 25.2 Å². The van der Waals surface area contributed by atoms with Gasteiger partial charge in [-0.3, -0.25) is 4.57 Å². The van der Waals surface area contributed by atoms with Crippen molar-refractivity contribution in [3.05, 3.63) is 0 Å². The summed E-state index contributed by atoms with van der Waals surface area (Å²) < 4.78 is 8.74. The molecule has 0 aromatic carbocycles. The Hall–Kier alpha value is 0.590. The van der Waals surface area contributed by atoms with Crippen LogP contribution in [0.4, 0.5) is 0 Å². The summed E-state index contributed by atoms with van der Waals surface area (Å²) in [6.07, 6.45) is 0. The molecule has 0 aromatic heterocycles. The van der Waals surface area contributed by atoms with E-state index < -0.39 is 8.25 Å². The Bertz CT molecular complexity index is 48.5. The minimum atomic E-state index is -3.13. The topological polar surface area (TPSA) is 83.6 Å². The van der Waals surface area contributed by atoms with Gasteiger partial charge in [0, 0.05) is 0 Å². The van der Waals surface area contributed by atoms with Gasteiger partial charge in [-0.2, -0.15) is 0 Å². The van der Waals surface area contributed by atoms with Gasteiger partial charge in [-0.1, -0.05) is 6.92 Å². The normalized spacial score (nSPS) is 6.62. The molecule has 0 bridgehead atoms. The highest BCUT2D eigenvalue weighted by molar-refractivity contribution is 8.93. The molecule has 0 saturated carbocycles. The minimum Gasteiger partial charge on any atom is -0.331 e. The summed E-state index contributed by atoms with van der Waals surface area (Å²) in [6.45, 7) is 2.65. The number of hydrogen-bond acceptors (Lipinski definition) is 2. The molecule has 0 saturated heterocycles. The highest BCUT2D eigenvalue weighted by Gasteiger charge is 1.61. The quantitative estimate of drug-likeness (QED) is 0.485. The summed E-state index contributed by atoms with van der Waals surface area (Å²) in [5.41, 5.74) is 4.85. The molecular weight excluding hydrogens is 197 g/mol. The smallest absolute Gasteiger partial charge is 0.314 e. The molecule has 4 nitrogen and oxygen atoms in total. The summed E-state index contributed by atoms with van der Waals surface area (Å²) in [4.78, 5) is 14.3. The van der Waals surface area contributed by atoms with Crippen LogP contribution in [0.5, 0.6) is 0 Å². The van der Waals surface area contributed by atoms with Gasteiger partial charge in [0.2, 0.25) is 0 Å². The lowest BCUT2D eigenvalue weighted by molar-refractivity contribution is 0.405. The van der Waals surface area contributed by atoms with Crippen molar-refractivity contribution in [3.8, 4) is 0 Å². The Balaban J connectivity index is -0.0000000575. The fourth-order valence-corrected chi connectivity index (χ4v) is 0. The van der Waals surface area contributed by atoms with Gasteiger partial charge < -0.3 is 15.5 Å². The van der Waals surface area contributed by atoms with Gasteiger partial charge in [0.15, 0.2) is 0 Å². The largest absolute Gasteiger partial charge is 0.331 e. The van der Waals surface area contributed by atoms with E-state index in [0.717, 1.165) is 6.54 Å². The first-order valence-electron chi connectivity index (χ1n) is 1.77. The van der Waals surface area contributed by atoms with Crippen molar-refractivity contribution in [1.29, 1.82) is 0 Å². The number of hydrogen-bond donors (Lipinski definition) is 3. The third-order valence-electron chi connectivity index (χ3n) is 0. The van der Waals surface area contributed by atoms with Crippen LogP contribution in [0.1, 0.15) is 6.92 Å². The van der Waals surface area contributed by atoms with Crippen LogP contribution in [0.2, 0.25) is 0 Å². The SMILES string of the molecule is Br.CCN.O=[PH](O)O. The number of rotatable bonds is 0. The summed E-state index contributed by atoms with van der Waals surface area (Å²) in [6, 6.07) is 0. The van der Waals surface area contributed by atoms with E-state index in [1.165, 1.54) is 0 Å². The summed E-state index contributed by atoms with van der Waals surface area (Å²) in [5, 5.41) is 0. The fourth-order valence-electron chi connectivity index (χ4n) is 0. The van der Waals surface area contributed by atoms with Crippen LogP contribution in [0.15, 0.2) is 0 Å². The number of halogens is 1. The molecule has 0 unspecified atom stereocenters. The predicted octanol–water partition coefficient (Wildman–Crippen LogP) is -0.0964. The van der Waals surface area contributed by atoms with Crippen LogP contribution >= 0.6 is 25.2 Å². The Labute approximate surface area is 59.4 Å². The average molecular weight is 208 g/mol. The molecule has 0 heterocycles. The van der Waals surface area contributed by atoms with Gasteiger partial charge in [-0.05, 0) is 6.54 Å². The summed E-state index contributed by atoms with van der Waals surface area (Å²) >= 11 is 0. The zero-order valence-corrected chi connectivity index (χ0v) is 7.21. The van der Waals surface area contributed by atoms with Crippen LogP contribution in [0.3, 0.4) is 0 Å². The Kier molecular flexibility index (Phi) is 31.0. The molecule has 0 spiro atoms. The second-order valence-corrected chi connectivity index (χ2v) is 1.26. The van der Waals surface area contributed by atoms with E-state index in [2.05, 4.69) is 0 Å². The first-order valence-corrected chi connectivity index (χ1v) is 3.07. The molecule has 0 rings (SSSR count). The maximum absolute atomic E-state index is 8.74. The van der Waals surface area contributed by atoms with E-state index in [1.54, 1.807) is 0 Å². The van der Waals surface area contributed by atoms with Crippen LogP contribution in [0.25, 0.3) is 0 Å². The standard InChI is InChI=1S/C2H7N.BrH.H3O3P/c1-2-3;;1-4(2)3/h2-3H2,1H3;1H;4H,(H2,1,2,3). The molecule has 54 valence electrons. The molecular formula is C2H11BrNO3P. The van der Waals surface area contributed by atoms with Crippen LogP contribution < -0.4 is 5.73 Å². The first-order chi connectivity index (χ1) is 3.15. The Morgan fingerprint density at radius 1 is 1.62 bits per heavy atom. The highest BCUT2D eigenvalue weighted by Crippen LogP contribution is 1.98. The lowest BCUT2D eigenvalue weighted by atomic mass is 10.8. The predicted molar refractivity (Wildman–Crippen MR) is 38.5 cm³/mol. The molecule has 0 radical (unpaired) electrons. The van der Waals surface area contributed by atoms with E-state index in [9.17, 15) is 0 Å². The molecule has 6 heteroatoms. The van der Waals surface area contributed by atoms with Crippen molar-refractivity contribution in [2.24, 2.45) is 5.73 Å². The van der Waals surface area contributed by atoms with Crippen LogP contribution in [-0.4, -0.2) is 16.3 Å². The molecule has 0 aliphatic rings. The van der Waals surface area contributed by atoms with E-state index in [1.807, 2.05) is 6.92 Å². The molecule has 0 aliphatic carbocycles. The van der Waals surface area contributed by atoms with Gasteiger partial charge in [-0.25, -0.2) is 0 Å². The van der Waals surface area contributed by atoms with Crippen molar-refractivity contribution < 1.29 is 14.4 Å². The maximum atomic E-state index is 8.74. The van der Waals surface area contributed by atoms with Crippen LogP contribution in [-0.2, 0) is 4.57 Å². The van der Waals surface area contributed by atoms with E-state index in [0.29, 0.717) is 0 Å². The Morgan fingerprint density at radius 2 is 1.62 bits per heavy atom. The van der Waals surface area contributed by atoms with Crippen molar-refractivity contribution in [3.63, 3.8) is 0 Å². The second kappa shape index (κ2) is 15.6. The highest BCUT2D eigenvalue weighted by atomic mass is 79.9. The van der Waals surface area contributed by atoms with Crippen molar-refractivity contribution in [1.82, 2.24) is 0 Å². The zero-order valence-electron chi connectivity index (χ0n) is 4.50. The monoisotopic (exact) mass is 207 g/mol. The van der Waals surface area contributed by atoms with Gasteiger partial charge in [0.05, 0.1) is 0 Å². The van der Waals surface area contributed by atoms with Gasteiger partial charge in [-0.15, -0.1) is 17.0 Å². The average Bonchev–Trinajstić information content (AvgIpc) is 1.33. The van der Waals surface area contributed by atoms with Crippen molar-refractivity contribution in [2.75, 3.05) is 6.54 Å². The fraction of sp³-hybridized carbons (Fsp3) is 1.00. The Morgan fingerprint density at radius 3 is 1.62 bits per heavy atom. The third kappa shape index (κ3) is 592. The lowest BCUT2D eigenvalue weighted by Crippen LogP contribution is -1.87. The zero-order chi connectivity index (χ0) is 6.28. The maximum Gasteiger partial charge on any atom is 0.314 e. The minimum absolute atomic E-state index is 0. The second-order valence-electron chi connectivity index (χ2n) is 0.691. The van der Waals surface area contributed by atoms with Crippen molar-refractivity contribution in [2.45, 2.75) is 6.92 Å². The van der Waals surface area contributed by atoms with E-state index in [4.69, 9.17) is 20.1 Å². The van der Waals surface area contributed by atoms with Gasteiger partial charge in [0.25, 0.3) is 0 Å². The number of nitrogens with two attached hydrogens (primary N) is 1. The molecule has 0 aliphatic heterocycles. The van der Waals surface area contributed by atoms with E-state index >= 15 is 0 Å². The van der Waals surface area contributed by atoms with Crippen LogP contribution in [0, 0.1) is 0 Å². The summed E-state index contributed by atoms with van der Waals surface area (Å²) in [7, 11) is -3.13. The van der Waals surface area contributed by atoms with Gasteiger partial charge in [0.1, 0.15) is 0 Å². The first kappa shape index (κ1) is 15.8. The molecule has 0 amide bonds. The summed E-state index contributed by atoms with van der Waals surface area (Å²) in [5.74, 6) is 0. The van der Waals surface area contributed by atoms with Gasteiger partial charge >= 0.3 is 8.25 Å². The third-order valence-corrected chi connectivity index (χ3v) is 0. The molecule has 0 aromatic rings. The molecule has 4 N–H and O–H groups in total.